The molecule has 2 aromatic rings. The van der Waals surface area contributed by atoms with Crippen molar-refractivity contribution >= 4 is 57.1 Å². The number of rotatable bonds is 6. The SMILES string of the molecule is O=C(CSc1nnc(N2CCCC2)s1)Nc1ccc([N+](=O)[O-])cc1Cl. The molecule has 1 aromatic carbocycles. The van der Waals surface area contributed by atoms with Gasteiger partial charge in [-0.05, 0) is 18.9 Å². The van der Waals surface area contributed by atoms with Crippen molar-refractivity contribution in [3.05, 3.63) is 33.3 Å². The van der Waals surface area contributed by atoms with Gasteiger partial charge in [-0.2, -0.15) is 0 Å². The van der Waals surface area contributed by atoms with E-state index in [2.05, 4.69) is 20.4 Å². The third-order valence-corrected chi connectivity index (χ3v) is 5.97. The van der Waals surface area contributed by atoms with Crippen LogP contribution in [0, 0.1) is 10.1 Å². The van der Waals surface area contributed by atoms with E-state index in [1.807, 2.05) is 0 Å². The van der Waals surface area contributed by atoms with Crippen LogP contribution < -0.4 is 10.2 Å². The molecule has 132 valence electrons. The first kappa shape index (κ1) is 17.9. The van der Waals surface area contributed by atoms with E-state index in [1.165, 1.54) is 54.1 Å². The fourth-order valence-electron chi connectivity index (χ4n) is 2.33. The summed E-state index contributed by atoms with van der Waals surface area (Å²) in [6.07, 6.45) is 2.33. The largest absolute Gasteiger partial charge is 0.347 e. The number of hydrogen-bond acceptors (Lipinski definition) is 8. The van der Waals surface area contributed by atoms with Crippen LogP contribution in [0.25, 0.3) is 0 Å². The summed E-state index contributed by atoms with van der Waals surface area (Å²) >= 11 is 8.73. The van der Waals surface area contributed by atoms with Gasteiger partial charge >= 0.3 is 0 Å². The molecule has 0 radical (unpaired) electrons. The molecule has 11 heteroatoms. The van der Waals surface area contributed by atoms with E-state index in [1.54, 1.807) is 0 Å². The molecule has 0 atom stereocenters. The van der Waals surface area contributed by atoms with Crippen LogP contribution in [0.15, 0.2) is 22.5 Å². The number of nitrogens with one attached hydrogen (secondary N) is 1. The summed E-state index contributed by atoms with van der Waals surface area (Å²) in [5.74, 6) is -0.110. The highest BCUT2D eigenvalue weighted by molar-refractivity contribution is 8.01. The van der Waals surface area contributed by atoms with Gasteiger partial charge in [-0.1, -0.05) is 34.7 Å². The maximum atomic E-state index is 12.0. The summed E-state index contributed by atoms with van der Waals surface area (Å²) in [5.41, 5.74) is 0.216. The number of amides is 1. The molecule has 25 heavy (non-hydrogen) atoms. The minimum absolute atomic E-state index is 0.124. The van der Waals surface area contributed by atoms with Crippen LogP contribution in [-0.2, 0) is 4.79 Å². The molecule has 8 nitrogen and oxygen atoms in total. The van der Waals surface area contributed by atoms with Gasteiger partial charge in [0.25, 0.3) is 5.69 Å². The standard InChI is InChI=1S/C14H14ClN5O3S2/c15-10-7-9(20(22)23)3-4-11(10)16-12(21)8-24-14-18-17-13(25-14)19-5-1-2-6-19/h3-4,7H,1-2,5-6,8H2,(H,16,21). The van der Waals surface area contributed by atoms with Crippen molar-refractivity contribution in [2.45, 2.75) is 17.2 Å². The van der Waals surface area contributed by atoms with E-state index in [-0.39, 0.29) is 22.4 Å². The Hall–Kier alpha value is -1.91. The van der Waals surface area contributed by atoms with E-state index in [9.17, 15) is 14.9 Å². The van der Waals surface area contributed by atoms with Crippen LogP contribution in [0.2, 0.25) is 5.02 Å². The predicted molar refractivity (Wildman–Crippen MR) is 98.8 cm³/mol. The number of carbonyl (C=O) groups is 1. The fourth-order valence-corrected chi connectivity index (χ4v) is 4.24. The number of nitro benzene ring substituents is 1. The average Bonchev–Trinajstić information content (AvgIpc) is 3.25. The number of benzene rings is 1. The van der Waals surface area contributed by atoms with Crippen molar-refractivity contribution in [2.75, 3.05) is 29.1 Å². The lowest BCUT2D eigenvalue weighted by Crippen LogP contribution is -2.17. The number of anilines is 2. The molecular weight excluding hydrogens is 386 g/mol. The highest BCUT2D eigenvalue weighted by Crippen LogP contribution is 2.30. The Bertz CT molecular complexity index is 795. The van der Waals surface area contributed by atoms with Crippen molar-refractivity contribution in [1.82, 2.24) is 10.2 Å². The van der Waals surface area contributed by atoms with Crippen molar-refractivity contribution in [3.63, 3.8) is 0 Å². The van der Waals surface area contributed by atoms with Crippen molar-refractivity contribution in [2.24, 2.45) is 0 Å². The zero-order valence-electron chi connectivity index (χ0n) is 13.0. The second kappa shape index (κ2) is 7.98. The molecule has 3 rings (SSSR count). The molecule has 1 amide bonds. The highest BCUT2D eigenvalue weighted by atomic mass is 35.5. The molecule has 1 fully saturated rings. The lowest BCUT2D eigenvalue weighted by Gasteiger charge is -2.10. The van der Waals surface area contributed by atoms with Gasteiger partial charge in [0.05, 0.1) is 21.4 Å². The van der Waals surface area contributed by atoms with Gasteiger partial charge in [-0.25, -0.2) is 0 Å². The van der Waals surface area contributed by atoms with Gasteiger partial charge in [-0.3, -0.25) is 14.9 Å². The van der Waals surface area contributed by atoms with Crippen LogP contribution in [0.5, 0.6) is 0 Å². The summed E-state index contributed by atoms with van der Waals surface area (Å²) in [7, 11) is 0. The number of non-ortho nitro benzene ring substituents is 1. The summed E-state index contributed by atoms with van der Waals surface area (Å²) in [6, 6.07) is 3.92. The lowest BCUT2D eigenvalue weighted by molar-refractivity contribution is -0.384. The monoisotopic (exact) mass is 399 g/mol. The van der Waals surface area contributed by atoms with Crippen LogP contribution in [0.3, 0.4) is 0 Å². The van der Waals surface area contributed by atoms with E-state index in [0.29, 0.717) is 5.69 Å². The topological polar surface area (TPSA) is 101 Å². The molecule has 1 saturated heterocycles. The second-order valence-corrected chi connectivity index (χ2v) is 7.89. The first-order valence-electron chi connectivity index (χ1n) is 7.48. The van der Waals surface area contributed by atoms with Crippen LogP contribution in [0.4, 0.5) is 16.5 Å². The number of thioether (sulfide) groups is 1. The molecule has 1 aromatic heterocycles. The molecule has 0 unspecified atom stereocenters. The third kappa shape index (κ3) is 4.59. The summed E-state index contributed by atoms with van der Waals surface area (Å²) in [4.78, 5) is 24.4. The highest BCUT2D eigenvalue weighted by Gasteiger charge is 2.17. The zero-order chi connectivity index (χ0) is 17.8. The third-order valence-electron chi connectivity index (χ3n) is 3.54. The smallest absolute Gasteiger partial charge is 0.271 e. The van der Waals surface area contributed by atoms with E-state index in [4.69, 9.17) is 11.6 Å². The lowest BCUT2D eigenvalue weighted by atomic mass is 10.3. The quantitative estimate of drug-likeness (QED) is 0.451. The minimum atomic E-state index is -0.541. The number of nitro groups is 1. The minimum Gasteiger partial charge on any atom is -0.347 e. The molecule has 0 saturated carbocycles. The molecule has 2 heterocycles. The second-order valence-electron chi connectivity index (χ2n) is 5.30. The summed E-state index contributed by atoms with van der Waals surface area (Å²) in [5, 5.41) is 22.6. The van der Waals surface area contributed by atoms with Gasteiger partial charge in [0.2, 0.25) is 11.0 Å². The van der Waals surface area contributed by atoms with Crippen LogP contribution in [0.1, 0.15) is 12.8 Å². The Labute approximate surface area is 156 Å². The van der Waals surface area contributed by atoms with Gasteiger partial charge in [-0.15, -0.1) is 10.2 Å². The Morgan fingerprint density at radius 1 is 1.40 bits per heavy atom. The Morgan fingerprint density at radius 3 is 2.84 bits per heavy atom. The van der Waals surface area contributed by atoms with Crippen LogP contribution in [-0.4, -0.2) is 39.9 Å². The van der Waals surface area contributed by atoms with Gasteiger partial charge in [0.1, 0.15) is 0 Å². The van der Waals surface area contributed by atoms with Gasteiger partial charge in [0, 0.05) is 25.2 Å². The number of aromatic nitrogens is 2. The maximum Gasteiger partial charge on any atom is 0.271 e. The Kier molecular flexibility index (Phi) is 5.71. The van der Waals surface area contributed by atoms with Crippen molar-refractivity contribution < 1.29 is 9.72 Å². The molecular formula is C14H14ClN5O3S2. The van der Waals surface area contributed by atoms with E-state index in [0.717, 1.165) is 22.6 Å². The predicted octanol–water partition coefficient (Wildman–Crippen LogP) is 3.43. The Balaban J connectivity index is 1.53. The molecule has 0 spiro atoms. The number of carbonyl (C=O) groups excluding carboxylic acids is 1. The molecule has 0 bridgehead atoms. The molecule has 1 N–H and O–H groups in total. The summed E-state index contributed by atoms with van der Waals surface area (Å²) in [6.45, 7) is 2.00. The first-order valence-corrected chi connectivity index (χ1v) is 9.66. The number of halogens is 1. The van der Waals surface area contributed by atoms with E-state index < -0.39 is 4.92 Å². The Morgan fingerprint density at radius 2 is 2.16 bits per heavy atom. The van der Waals surface area contributed by atoms with Crippen molar-refractivity contribution in [1.29, 1.82) is 0 Å². The first-order chi connectivity index (χ1) is 12.0. The molecule has 0 aliphatic carbocycles. The maximum absolute atomic E-state index is 12.0. The number of hydrogen-bond donors (Lipinski definition) is 1. The zero-order valence-corrected chi connectivity index (χ0v) is 15.4. The normalized spacial score (nSPS) is 13.9. The van der Waals surface area contributed by atoms with Gasteiger partial charge in [0.15, 0.2) is 4.34 Å². The molecule has 1 aliphatic rings. The van der Waals surface area contributed by atoms with Gasteiger partial charge < -0.3 is 10.2 Å². The van der Waals surface area contributed by atoms with Crippen molar-refractivity contribution in [3.8, 4) is 0 Å². The summed E-state index contributed by atoms with van der Waals surface area (Å²) < 4.78 is 0.729. The molecule has 1 aliphatic heterocycles. The average molecular weight is 400 g/mol. The number of nitrogens with zero attached hydrogens (tertiary/aromatic N) is 4. The fraction of sp³-hybridized carbons (Fsp3) is 0.357. The van der Waals surface area contributed by atoms with Crippen LogP contribution >= 0.6 is 34.7 Å². The van der Waals surface area contributed by atoms with E-state index >= 15 is 0 Å².